The van der Waals surface area contributed by atoms with Gasteiger partial charge in [0.1, 0.15) is 11.9 Å². The van der Waals surface area contributed by atoms with Gasteiger partial charge in [0.2, 0.25) is 0 Å². The lowest BCUT2D eigenvalue weighted by molar-refractivity contribution is 0.203. The Kier molecular flexibility index (Phi) is 4.35. The van der Waals surface area contributed by atoms with Crippen LogP contribution in [0.2, 0.25) is 0 Å². The molecular formula is C16H17F2NO. The van der Waals surface area contributed by atoms with Crippen LogP contribution in [-0.4, -0.2) is 6.54 Å². The van der Waals surface area contributed by atoms with Crippen molar-refractivity contribution in [3.8, 4) is 5.75 Å². The van der Waals surface area contributed by atoms with Gasteiger partial charge in [0, 0.05) is 12.6 Å². The number of ether oxygens (including phenoxy) is 1. The first-order valence-electron chi connectivity index (χ1n) is 6.40. The van der Waals surface area contributed by atoms with Crippen molar-refractivity contribution >= 4 is 0 Å². The summed E-state index contributed by atoms with van der Waals surface area (Å²) in [6, 6.07) is 9.16. The molecule has 1 unspecified atom stereocenters. The fourth-order valence-electron chi connectivity index (χ4n) is 2.07. The van der Waals surface area contributed by atoms with Crippen molar-refractivity contribution in [3.05, 3.63) is 64.7 Å². The molecule has 0 aliphatic heterocycles. The number of benzene rings is 2. The average molecular weight is 277 g/mol. The van der Waals surface area contributed by atoms with Crippen molar-refractivity contribution in [2.75, 3.05) is 6.54 Å². The van der Waals surface area contributed by atoms with Crippen LogP contribution in [0.5, 0.6) is 5.75 Å². The van der Waals surface area contributed by atoms with Gasteiger partial charge in [0.15, 0.2) is 11.6 Å². The summed E-state index contributed by atoms with van der Waals surface area (Å²) < 4.78 is 32.1. The normalized spacial score (nSPS) is 12.2. The summed E-state index contributed by atoms with van der Waals surface area (Å²) in [5.74, 6) is -1.36. The molecule has 2 aromatic rings. The number of hydrogen-bond donors (Lipinski definition) is 1. The van der Waals surface area contributed by atoms with E-state index in [2.05, 4.69) is 0 Å². The average Bonchev–Trinajstić information content (AvgIpc) is 2.41. The van der Waals surface area contributed by atoms with Crippen LogP contribution in [0.15, 0.2) is 36.4 Å². The van der Waals surface area contributed by atoms with Gasteiger partial charge in [-0.15, -0.1) is 0 Å². The Morgan fingerprint density at radius 1 is 1.10 bits per heavy atom. The Morgan fingerprint density at radius 2 is 1.85 bits per heavy atom. The Labute approximate surface area is 117 Å². The highest BCUT2D eigenvalue weighted by atomic mass is 19.1. The Balaban J connectivity index is 2.31. The lowest BCUT2D eigenvalue weighted by atomic mass is 10.0. The molecule has 2 nitrogen and oxygen atoms in total. The summed E-state index contributed by atoms with van der Waals surface area (Å²) in [6.07, 6.45) is -0.463. The zero-order valence-corrected chi connectivity index (χ0v) is 11.5. The quantitative estimate of drug-likeness (QED) is 0.925. The van der Waals surface area contributed by atoms with Crippen LogP contribution >= 0.6 is 0 Å². The molecule has 0 amide bonds. The first kappa shape index (κ1) is 14.5. The topological polar surface area (TPSA) is 35.2 Å². The molecule has 0 heterocycles. The number of halogens is 2. The van der Waals surface area contributed by atoms with E-state index in [1.807, 2.05) is 32.0 Å². The first-order valence-corrected chi connectivity index (χ1v) is 6.40. The molecule has 2 N–H and O–H groups in total. The van der Waals surface area contributed by atoms with Gasteiger partial charge < -0.3 is 10.5 Å². The maximum atomic E-state index is 13.6. The molecule has 2 rings (SSSR count). The highest BCUT2D eigenvalue weighted by molar-refractivity contribution is 5.34. The van der Waals surface area contributed by atoms with Gasteiger partial charge in [-0.05, 0) is 37.1 Å². The number of hydrogen-bond acceptors (Lipinski definition) is 2. The third kappa shape index (κ3) is 3.14. The van der Waals surface area contributed by atoms with E-state index < -0.39 is 17.7 Å². The van der Waals surface area contributed by atoms with E-state index in [4.69, 9.17) is 10.5 Å². The third-order valence-corrected chi connectivity index (χ3v) is 3.16. The highest BCUT2D eigenvalue weighted by Crippen LogP contribution is 2.27. The van der Waals surface area contributed by atoms with Crippen molar-refractivity contribution in [1.82, 2.24) is 0 Å². The van der Waals surface area contributed by atoms with Gasteiger partial charge in [0.05, 0.1) is 0 Å². The molecule has 0 saturated heterocycles. The van der Waals surface area contributed by atoms with Crippen LogP contribution in [-0.2, 0) is 0 Å². The van der Waals surface area contributed by atoms with Gasteiger partial charge in [-0.1, -0.05) is 23.8 Å². The van der Waals surface area contributed by atoms with Crippen LogP contribution in [0.25, 0.3) is 0 Å². The van der Waals surface area contributed by atoms with Crippen molar-refractivity contribution in [2.24, 2.45) is 5.73 Å². The molecule has 0 saturated carbocycles. The fourth-order valence-corrected chi connectivity index (χ4v) is 2.07. The number of rotatable bonds is 4. The summed E-state index contributed by atoms with van der Waals surface area (Å²) >= 11 is 0. The second kappa shape index (κ2) is 6.01. The molecular weight excluding hydrogens is 260 g/mol. The highest BCUT2D eigenvalue weighted by Gasteiger charge is 2.16. The number of aryl methyl sites for hydroxylation is 2. The molecule has 0 spiro atoms. The summed E-state index contributed by atoms with van der Waals surface area (Å²) in [7, 11) is 0. The van der Waals surface area contributed by atoms with E-state index >= 15 is 0 Å². The molecule has 0 aromatic heterocycles. The third-order valence-electron chi connectivity index (χ3n) is 3.16. The van der Waals surface area contributed by atoms with Gasteiger partial charge >= 0.3 is 0 Å². The summed E-state index contributed by atoms with van der Waals surface area (Å²) in [4.78, 5) is 0. The molecule has 0 bridgehead atoms. The first-order chi connectivity index (χ1) is 9.51. The van der Waals surface area contributed by atoms with Crippen molar-refractivity contribution in [2.45, 2.75) is 20.0 Å². The molecule has 1 atom stereocenters. The second-order valence-electron chi connectivity index (χ2n) is 4.78. The minimum Gasteiger partial charge on any atom is -0.481 e. The molecule has 0 radical (unpaired) electrons. The van der Waals surface area contributed by atoms with Crippen LogP contribution in [0.1, 0.15) is 22.8 Å². The Bertz CT molecular complexity index is 613. The molecule has 4 heteroatoms. The van der Waals surface area contributed by atoms with Crippen LogP contribution < -0.4 is 10.5 Å². The lowest BCUT2D eigenvalue weighted by Gasteiger charge is -2.20. The van der Waals surface area contributed by atoms with Crippen molar-refractivity contribution in [1.29, 1.82) is 0 Å². The van der Waals surface area contributed by atoms with Crippen LogP contribution in [0.4, 0.5) is 8.78 Å². The Hall–Kier alpha value is -1.94. The minimum absolute atomic E-state index is 0.00255. The predicted molar refractivity (Wildman–Crippen MR) is 74.7 cm³/mol. The van der Waals surface area contributed by atoms with E-state index in [0.29, 0.717) is 0 Å². The Morgan fingerprint density at radius 3 is 2.50 bits per heavy atom. The van der Waals surface area contributed by atoms with E-state index in [1.54, 1.807) is 0 Å². The van der Waals surface area contributed by atoms with Crippen molar-refractivity contribution in [3.63, 3.8) is 0 Å². The summed E-state index contributed by atoms with van der Waals surface area (Å²) in [5, 5.41) is 0. The predicted octanol–water partition coefficient (Wildman–Crippen LogP) is 3.66. The zero-order valence-electron chi connectivity index (χ0n) is 11.5. The smallest absolute Gasteiger partial charge is 0.168 e. The molecule has 0 aliphatic carbocycles. The monoisotopic (exact) mass is 277 g/mol. The molecule has 20 heavy (non-hydrogen) atoms. The summed E-state index contributed by atoms with van der Waals surface area (Å²) in [6.45, 7) is 4.12. The van der Waals surface area contributed by atoms with E-state index in [0.717, 1.165) is 28.8 Å². The summed E-state index contributed by atoms with van der Waals surface area (Å²) in [5.41, 5.74) is 8.74. The van der Waals surface area contributed by atoms with Gasteiger partial charge in [-0.25, -0.2) is 8.78 Å². The van der Waals surface area contributed by atoms with E-state index in [9.17, 15) is 8.78 Å². The molecule has 0 fully saturated rings. The fraction of sp³-hybridized carbons (Fsp3) is 0.250. The van der Waals surface area contributed by atoms with Crippen LogP contribution in [0, 0.1) is 25.5 Å². The van der Waals surface area contributed by atoms with E-state index in [-0.39, 0.29) is 12.3 Å². The molecule has 106 valence electrons. The van der Waals surface area contributed by atoms with E-state index in [1.165, 1.54) is 6.07 Å². The minimum atomic E-state index is -0.728. The van der Waals surface area contributed by atoms with Gasteiger partial charge in [0.25, 0.3) is 0 Å². The molecule has 2 aromatic carbocycles. The van der Waals surface area contributed by atoms with Gasteiger partial charge in [-0.2, -0.15) is 0 Å². The molecule has 0 aliphatic rings. The number of nitrogens with two attached hydrogens (primary N) is 1. The standard InChI is InChI=1S/C16H17F2NO/c1-10-3-4-11(2)13(7-10)16(9-19)20-15-6-5-12(17)8-14(15)18/h3-8,16H,9,19H2,1-2H3. The second-order valence-corrected chi connectivity index (χ2v) is 4.78. The maximum Gasteiger partial charge on any atom is 0.168 e. The van der Waals surface area contributed by atoms with Crippen LogP contribution in [0.3, 0.4) is 0 Å². The maximum absolute atomic E-state index is 13.6. The zero-order chi connectivity index (χ0) is 14.7. The van der Waals surface area contributed by atoms with Gasteiger partial charge in [-0.3, -0.25) is 0 Å². The van der Waals surface area contributed by atoms with Crippen molar-refractivity contribution < 1.29 is 13.5 Å². The lowest BCUT2D eigenvalue weighted by Crippen LogP contribution is -2.20. The SMILES string of the molecule is Cc1ccc(C)c(C(CN)Oc2ccc(F)cc2F)c1. The largest absolute Gasteiger partial charge is 0.481 e.